The first-order chi connectivity index (χ1) is 11.5. The van der Waals surface area contributed by atoms with Gasteiger partial charge >= 0.3 is 6.03 Å². The Hall–Kier alpha value is -2.48. The van der Waals surface area contributed by atoms with Gasteiger partial charge in [-0.05, 0) is 12.1 Å². The zero-order chi connectivity index (χ0) is 17.5. The summed E-state index contributed by atoms with van der Waals surface area (Å²) in [6.07, 6.45) is 1.60. The molecule has 0 bridgehead atoms. The molecule has 1 aromatic rings. The molecule has 0 saturated carbocycles. The van der Waals surface area contributed by atoms with Crippen molar-refractivity contribution in [2.24, 2.45) is 0 Å². The molecule has 0 spiro atoms. The number of rotatable bonds is 5. The molecular weight excluding hydrogens is 318 g/mol. The molecule has 6 nitrogen and oxygen atoms in total. The van der Waals surface area contributed by atoms with E-state index in [9.17, 15) is 18.4 Å². The molecule has 130 valence electrons. The first-order valence-corrected chi connectivity index (χ1v) is 7.61. The third-order valence-corrected chi connectivity index (χ3v) is 3.66. The predicted molar refractivity (Wildman–Crippen MR) is 86.6 cm³/mol. The van der Waals surface area contributed by atoms with E-state index in [1.54, 1.807) is 6.08 Å². The molecule has 1 heterocycles. The molecule has 0 aromatic heterocycles. The second-order valence-corrected chi connectivity index (χ2v) is 5.38. The molecule has 1 fully saturated rings. The summed E-state index contributed by atoms with van der Waals surface area (Å²) in [7, 11) is 0. The highest BCUT2D eigenvalue weighted by Gasteiger charge is 2.23. The summed E-state index contributed by atoms with van der Waals surface area (Å²) < 4.78 is 27.1. The minimum absolute atomic E-state index is 0.110. The number of nitrogens with zero attached hydrogens (tertiary/aromatic N) is 2. The van der Waals surface area contributed by atoms with E-state index in [0.29, 0.717) is 32.7 Å². The van der Waals surface area contributed by atoms with Crippen molar-refractivity contribution in [2.45, 2.75) is 0 Å². The Morgan fingerprint density at radius 3 is 2.38 bits per heavy atom. The van der Waals surface area contributed by atoms with E-state index in [0.717, 1.165) is 12.1 Å². The second-order valence-electron chi connectivity index (χ2n) is 5.38. The molecule has 2 N–H and O–H groups in total. The van der Waals surface area contributed by atoms with E-state index in [1.807, 2.05) is 4.90 Å². The van der Waals surface area contributed by atoms with E-state index in [-0.39, 0.29) is 12.5 Å². The van der Waals surface area contributed by atoms with Gasteiger partial charge in [-0.3, -0.25) is 9.69 Å². The standard InChI is InChI=1S/C16H20F2N4O2/c1-2-6-19-14(23)11-21-7-9-22(10-8-21)16(24)20-15-12(17)4-3-5-13(15)18/h2-5H,1,6-11H2,(H,19,23)(H,20,24). The molecule has 24 heavy (non-hydrogen) atoms. The average Bonchev–Trinajstić information content (AvgIpc) is 2.57. The number of halogens is 2. The van der Waals surface area contributed by atoms with Gasteiger partial charge in [0, 0.05) is 32.7 Å². The van der Waals surface area contributed by atoms with Gasteiger partial charge in [-0.2, -0.15) is 0 Å². The highest BCUT2D eigenvalue weighted by atomic mass is 19.1. The highest BCUT2D eigenvalue weighted by molar-refractivity contribution is 5.89. The molecule has 2 rings (SSSR count). The van der Waals surface area contributed by atoms with Crippen molar-refractivity contribution in [1.29, 1.82) is 0 Å². The SMILES string of the molecule is C=CCNC(=O)CN1CCN(C(=O)Nc2c(F)cccc2F)CC1. The Morgan fingerprint density at radius 1 is 1.17 bits per heavy atom. The van der Waals surface area contributed by atoms with Crippen LogP contribution in [0.3, 0.4) is 0 Å². The second kappa shape index (κ2) is 8.39. The number of nitrogens with one attached hydrogen (secondary N) is 2. The van der Waals surface area contributed by atoms with Crippen LogP contribution in [-0.2, 0) is 4.79 Å². The summed E-state index contributed by atoms with van der Waals surface area (Å²) in [5, 5.41) is 4.94. The monoisotopic (exact) mass is 338 g/mol. The lowest BCUT2D eigenvalue weighted by Gasteiger charge is -2.34. The molecular formula is C16H20F2N4O2. The number of carbonyl (C=O) groups is 2. The summed E-state index contributed by atoms with van der Waals surface area (Å²) in [5.41, 5.74) is -0.450. The Bertz CT molecular complexity index is 596. The van der Waals surface area contributed by atoms with Gasteiger partial charge in [0.1, 0.15) is 17.3 Å². The van der Waals surface area contributed by atoms with Gasteiger partial charge in [-0.15, -0.1) is 6.58 Å². The summed E-state index contributed by atoms with van der Waals surface area (Å²) in [6, 6.07) is 2.84. The lowest BCUT2D eigenvalue weighted by atomic mass is 10.3. The minimum Gasteiger partial charge on any atom is -0.352 e. The minimum atomic E-state index is -0.819. The van der Waals surface area contributed by atoms with Crippen LogP contribution in [0, 0.1) is 11.6 Å². The molecule has 0 aliphatic carbocycles. The highest BCUT2D eigenvalue weighted by Crippen LogP contribution is 2.18. The predicted octanol–water partition coefficient (Wildman–Crippen LogP) is 1.42. The summed E-state index contributed by atoms with van der Waals surface area (Å²) >= 11 is 0. The Kier molecular flexibility index (Phi) is 6.25. The molecule has 1 saturated heterocycles. The zero-order valence-electron chi connectivity index (χ0n) is 13.2. The van der Waals surface area contributed by atoms with Crippen LogP contribution in [0.5, 0.6) is 0 Å². The van der Waals surface area contributed by atoms with E-state index in [2.05, 4.69) is 17.2 Å². The van der Waals surface area contributed by atoms with Crippen LogP contribution in [0.1, 0.15) is 0 Å². The first-order valence-electron chi connectivity index (χ1n) is 7.61. The molecule has 0 unspecified atom stereocenters. The van der Waals surface area contributed by atoms with Crippen LogP contribution >= 0.6 is 0 Å². The van der Waals surface area contributed by atoms with Gasteiger partial charge in [0.2, 0.25) is 5.91 Å². The fraction of sp³-hybridized carbons (Fsp3) is 0.375. The van der Waals surface area contributed by atoms with Crippen LogP contribution in [0.15, 0.2) is 30.9 Å². The summed E-state index contributed by atoms with van der Waals surface area (Å²) in [6.45, 7) is 5.94. The van der Waals surface area contributed by atoms with Crippen LogP contribution in [0.25, 0.3) is 0 Å². The van der Waals surface area contributed by atoms with Gasteiger partial charge in [0.15, 0.2) is 0 Å². The number of anilines is 1. The van der Waals surface area contributed by atoms with Gasteiger partial charge < -0.3 is 15.5 Å². The molecule has 3 amide bonds. The van der Waals surface area contributed by atoms with Gasteiger partial charge in [0.05, 0.1) is 6.54 Å². The summed E-state index contributed by atoms with van der Waals surface area (Å²) in [4.78, 5) is 27.1. The molecule has 0 atom stereocenters. The number of piperazine rings is 1. The maximum atomic E-state index is 13.6. The van der Waals surface area contributed by atoms with E-state index in [1.165, 1.54) is 11.0 Å². The maximum Gasteiger partial charge on any atom is 0.322 e. The number of urea groups is 1. The molecule has 1 aromatic carbocycles. The lowest BCUT2D eigenvalue weighted by molar-refractivity contribution is -0.122. The fourth-order valence-electron chi connectivity index (χ4n) is 2.36. The van der Waals surface area contributed by atoms with Crippen molar-refractivity contribution in [1.82, 2.24) is 15.1 Å². The smallest absolute Gasteiger partial charge is 0.322 e. The number of para-hydroxylation sites is 1. The van der Waals surface area contributed by atoms with Crippen molar-refractivity contribution in [2.75, 3.05) is 44.6 Å². The van der Waals surface area contributed by atoms with E-state index >= 15 is 0 Å². The number of hydrogen-bond donors (Lipinski definition) is 2. The molecule has 1 aliphatic rings. The van der Waals surface area contributed by atoms with Crippen molar-refractivity contribution in [3.8, 4) is 0 Å². The Labute approximate surface area is 139 Å². The van der Waals surface area contributed by atoms with Crippen LogP contribution in [-0.4, -0.2) is 61.0 Å². The van der Waals surface area contributed by atoms with Crippen LogP contribution < -0.4 is 10.6 Å². The Balaban J connectivity index is 1.82. The number of amides is 3. The normalized spacial score (nSPS) is 15.0. The van der Waals surface area contributed by atoms with Crippen molar-refractivity contribution in [3.05, 3.63) is 42.5 Å². The van der Waals surface area contributed by atoms with E-state index < -0.39 is 23.4 Å². The fourth-order valence-corrected chi connectivity index (χ4v) is 2.36. The number of benzene rings is 1. The quantitative estimate of drug-likeness (QED) is 0.798. The van der Waals surface area contributed by atoms with E-state index in [4.69, 9.17) is 0 Å². The largest absolute Gasteiger partial charge is 0.352 e. The first kappa shape index (κ1) is 17.9. The molecule has 0 radical (unpaired) electrons. The Morgan fingerprint density at radius 2 is 1.79 bits per heavy atom. The van der Waals surface area contributed by atoms with Gasteiger partial charge in [-0.1, -0.05) is 12.1 Å². The lowest BCUT2D eigenvalue weighted by Crippen LogP contribution is -2.52. The summed E-state index contributed by atoms with van der Waals surface area (Å²) in [5.74, 6) is -1.75. The van der Waals surface area contributed by atoms with Gasteiger partial charge in [-0.25, -0.2) is 13.6 Å². The van der Waals surface area contributed by atoms with Crippen molar-refractivity contribution in [3.63, 3.8) is 0 Å². The van der Waals surface area contributed by atoms with Gasteiger partial charge in [0.25, 0.3) is 0 Å². The van der Waals surface area contributed by atoms with Crippen molar-refractivity contribution < 1.29 is 18.4 Å². The number of hydrogen-bond acceptors (Lipinski definition) is 3. The zero-order valence-corrected chi connectivity index (χ0v) is 13.2. The number of carbonyl (C=O) groups excluding carboxylic acids is 2. The maximum absolute atomic E-state index is 13.6. The molecule has 8 heteroatoms. The topological polar surface area (TPSA) is 64.7 Å². The van der Waals surface area contributed by atoms with Crippen LogP contribution in [0.2, 0.25) is 0 Å². The van der Waals surface area contributed by atoms with Crippen molar-refractivity contribution >= 4 is 17.6 Å². The third-order valence-electron chi connectivity index (χ3n) is 3.66. The molecule has 1 aliphatic heterocycles. The van der Waals surface area contributed by atoms with Crippen LogP contribution in [0.4, 0.5) is 19.3 Å². The average molecular weight is 338 g/mol. The third kappa shape index (κ3) is 4.76.